The molecule has 0 saturated heterocycles. The summed E-state index contributed by atoms with van der Waals surface area (Å²) in [5, 5.41) is 3.55. The van der Waals surface area contributed by atoms with E-state index in [-0.39, 0.29) is 0 Å². The first-order valence-corrected chi connectivity index (χ1v) is 6.05. The summed E-state index contributed by atoms with van der Waals surface area (Å²) in [5.74, 6) is 0.629. The Morgan fingerprint density at radius 1 is 1.44 bits per heavy atom. The highest BCUT2D eigenvalue weighted by atomic mass is 35.5. The standard InChI is InChI=1S/C11H19ClN4/c1-3-4-5-6-8(2)16-11-9(13)10(12)14-7-15-11/h7-8H,3-6,13H2,1-2H3,(H,14,15,16). The second kappa shape index (κ2) is 6.53. The number of nitrogens with zero attached hydrogens (tertiary/aromatic N) is 2. The van der Waals surface area contributed by atoms with Gasteiger partial charge >= 0.3 is 0 Å². The fraction of sp³-hybridized carbons (Fsp3) is 0.636. The molecule has 0 bridgehead atoms. The molecule has 0 aliphatic carbocycles. The number of unbranched alkanes of at least 4 members (excludes halogenated alkanes) is 2. The van der Waals surface area contributed by atoms with Crippen molar-refractivity contribution in [1.82, 2.24) is 9.97 Å². The topological polar surface area (TPSA) is 63.8 Å². The minimum atomic E-state index is 0.304. The van der Waals surface area contributed by atoms with Crippen molar-refractivity contribution in [2.24, 2.45) is 0 Å². The zero-order chi connectivity index (χ0) is 12.0. The van der Waals surface area contributed by atoms with E-state index in [2.05, 4.69) is 29.1 Å². The number of aromatic nitrogens is 2. The maximum absolute atomic E-state index is 5.81. The van der Waals surface area contributed by atoms with Gasteiger partial charge in [0.15, 0.2) is 11.0 Å². The van der Waals surface area contributed by atoms with Crippen molar-refractivity contribution in [3.63, 3.8) is 0 Å². The van der Waals surface area contributed by atoms with Crippen molar-refractivity contribution in [2.45, 2.75) is 45.6 Å². The first kappa shape index (κ1) is 13.0. The number of nitrogens with one attached hydrogen (secondary N) is 1. The monoisotopic (exact) mass is 242 g/mol. The zero-order valence-corrected chi connectivity index (χ0v) is 10.6. The number of nitrogen functional groups attached to an aromatic ring is 1. The van der Waals surface area contributed by atoms with E-state index in [4.69, 9.17) is 17.3 Å². The molecule has 1 aromatic heterocycles. The smallest absolute Gasteiger partial charge is 0.157 e. The van der Waals surface area contributed by atoms with Crippen LogP contribution < -0.4 is 11.1 Å². The number of hydrogen-bond donors (Lipinski definition) is 2. The Bertz CT molecular complexity index is 330. The molecule has 1 rings (SSSR count). The van der Waals surface area contributed by atoms with Crippen molar-refractivity contribution < 1.29 is 0 Å². The van der Waals surface area contributed by atoms with Crippen LogP contribution in [0.3, 0.4) is 0 Å². The van der Waals surface area contributed by atoms with E-state index >= 15 is 0 Å². The van der Waals surface area contributed by atoms with Crippen LogP contribution in [0.1, 0.15) is 39.5 Å². The minimum Gasteiger partial charge on any atom is -0.393 e. The lowest BCUT2D eigenvalue weighted by Gasteiger charge is -2.15. The van der Waals surface area contributed by atoms with Crippen molar-refractivity contribution in [2.75, 3.05) is 11.1 Å². The van der Waals surface area contributed by atoms with Gasteiger partial charge in [-0.1, -0.05) is 37.8 Å². The lowest BCUT2D eigenvalue weighted by Crippen LogP contribution is -2.17. The van der Waals surface area contributed by atoms with Gasteiger partial charge in [-0.3, -0.25) is 0 Å². The van der Waals surface area contributed by atoms with Gasteiger partial charge in [0.1, 0.15) is 12.0 Å². The fourth-order valence-corrected chi connectivity index (χ4v) is 1.63. The van der Waals surface area contributed by atoms with E-state index in [0.717, 1.165) is 6.42 Å². The number of hydrogen-bond acceptors (Lipinski definition) is 4. The molecule has 0 amide bonds. The SMILES string of the molecule is CCCCCC(C)Nc1ncnc(Cl)c1N. The minimum absolute atomic E-state index is 0.304. The molecule has 1 atom stereocenters. The molecule has 90 valence electrons. The van der Waals surface area contributed by atoms with Gasteiger partial charge in [0.25, 0.3) is 0 Å². The Morgan fingerprint density at radius 3 is 2.88 bits per heavy atom. The van der Waals surface area contributed by atoms with Gasteiger partial charge in [-0.2, -0.15) is 0 Å². The van der Waals surface area contributed by atoms with Crippen molar-refractivity contribution in [3.05, 3.63) is 11.5 Å². The molecule has 0 aromatic carbocycles. The fourth-order valence-electron chi connectivity index (χ4n) is 1.50. The van der Waals surface area contributed by atoms with Gasteiger partial charge in [0.2, 0.25) is 0 Å². The molecule has 4 nitrogen and oxygen atoms in total. The molecular weight excluding hydrogens is 224 g/mol. The molecule has 1 heterocycles. The van der Waals surface area contributed by atoms with Crippen molar-refractivity contribution in [3.8, 4) is 0 Å². The Labute approximate surface area is 102 Å². The summed E-state index contributed by atoms with van der Waals surface area (Å²) in [5.41, 5.74) is 6.19. The lowest BCUT2D eigenvalue weighted by molar-refractivity contribution is 0.614. The van der Waals surface area contributed by atoms with Crippen LogP contribution in [-0.4, -0.2) is 16.0 Å². The highest BCUT2D eigenvalue weighted by Gasteiger charge is 2.08. The number of nitrogens with two attached hydrogens (primary N) is 1. The Hall–Kier alpha value is -1.03. The third kappa shape index (κ3) is 3.85. The lowest BCUT2D eigenvalue weighted by atomic mass is 10.1. The number of anilines is 2. The summed E-state index contributed by atoms with van der Waals surface area (Å²) in [4.78, 5) is 7.89. The molecule has 1 unspecified atom stereocenters. The molecule has 1 aromatic rings. The Morgan fingerprint density at radius 2 is 2.19 bits per heavy atom. The molecule has 0 radical (unpaired) electrons. The van der Waals surface area contributed by atoms with Gasteiger partial charge < -0.3 is 11.1 Å². The van der Waals surface area contributed by atoms with Crippen LogP contribution >= 0.6 is 11.6 Å². The van der Waals surface area contributed by atoms with Crippen LogP contribution in [0.5, 0.6) is 0 Å². The quantitative estimate of drug-likeness (QED) is 0.594. The molecule has 0 saturated carbocycles. The Kier molecular flexibility index (Phi) is 5.32. The molecule has 0 aliphatic rings. The zero-order valence-electron chi connectivity index (χ0n) is 9.83. The summed E-state index contributed by atoms with van der Waals surface area (Å²) in [6.45, 7) is 4.31. The highest BCUT2D eigenvalue weighted by molar-refractivity contribution is 6.32. The summed E-state index contributed by atoms with van der Waals surface area (Å²) in [6, 6.07) is 0.347. The van der Waals surface area contributed by atoms with E-state index < -0.39 is 0 Å². The van der Waals surface area contributed by atoms with Gasteiger partial charge in [-0.25, -0.2) is 9.97 Å². The van der Waals surface area contributed by atoms with Crippen LogP contribution in [0.2, 0.25) is 5.15 Å². The van der Waals surface area contributed by atoms with E-state index in [9.17, 15) is 0 Å². The summed E-state index contributed by atoms with van der Waals surface area (Å²) in [6.07, 6.45) is 6.22. The van der Waals surface area contributed by atoms with Gasteiger partial charge in [0, 0.05) is 6.04 Å². The van der Waals surface area contributed by atoms with Crippen LogP contribution in [-0.2, 0) is 0 Å². The molecule has 0 aliphatic heterocycles. The summed E-state index contributed by atoms with van der Waals surface area (Å²) < 4.78 is 0. The number of halogens is 1. The van der Waals surface area contributed by atoms with E-state index in [1.807, 2.05) is 0 Å². The van der Waals surface area contributed by atoms with Crippen molar-refractivity contribution >= 4 is 23.1 Å². The normalized spacial score (nSPS) is 12.4. The van der Waals surface area contributed by atoms with Gasteiger partial charge in [-0.05, 0) is 13.3 Å². The van der Waals surface area contributed by atoms with E-state index in [0.29, 0.717) is 22.7 Å². The largest absolute Gasteiger partial charge is 0.393 e. The van der Waals surface area contributed by atoms with Crippen molar-refractivity contribution in [1.29, 1.82) is 0 Å². The van der Waals surface area contributed by atoms with Crippen LogP contribution in [0.15, 0.2) is 6.33 Å². The summed E-state index contributed by atoms with van der Waals surface area (Å²) in [7, 11) is 0. The second-order valence-electron chi connectivity index (χ2n) is 3.97. The first-order chi connectivity index (χ1) is 7.65. The average Bonchev–Trinajstić information content (AvgIpc) is 2.25. The van der Waals surface area contributed by atoms with Crippen LogP contribution in [0, 0.1) is 0 Å². The third-order valence-electron chi connectivity index (χ3n) is 2.46. The molecular formula is C11H19ClN4. The average molecular weight is 243 g/mol. The maximum atomic E-state index is 5.81. The third-order valence-corrected chi connectivity index (χ3v) is 2.76. The van der Waals surface area contributed by atoms with E-state index in [1.54, 1.807) is 0 Å². The molecule has 3 N–H and O–H groups in total. The molecule has 16 heavy (non-hydrogen) atoms. The second-order valence-corrected chi connectivity index (χ2v) is 4.33. The predicted molar refractivity (Wildman–Crippen MR) is 68.7 cm³/mol. The van der Waals surface area contributed by atoms with Gasteiger partial charge in [-0.15, -0.1) is 0 Å². The van der Waals surface area contributed by atoms with Gasteiger partial charge in [0.05, 0.1) is 0 Å². The number of rotatable bonds is 6. The maximum Gasteiger partial charge on any atom is 0.157 e. The van der Waals surface area contributed by atoms with Crippen LogP contribution in [0.4, 0.5) is 11.5 Å². The molecule has 0 spiro atoms. The van der Waals surface area contributed by atoms with E-state index in [1.165, 1.54) is 25.6 Å². The molecule has 0 fully saturated rings. The highest BCUT2D eigenvalue weighted by Crippen LogP contribution is 2.23. The summed E-state index contributed by atoms with van der Waals surface area (Å²) >= 11 is 5.81. The molecule has 5 heteroatoms. The van der Waals surface area contributed by atoms with Crippen LogP contribution in [0.25, 0.3) is 0 Å². The predicted octanol–water partition coefficient (Wildman–Crippen LogP) is 3.09. The Balaban J connectivity index is 2.49. The first-order valence-electron chi connectivity index (χ1n) is 5.67.